The van der Waals surface area contributed by atoms with E-state index in [0.717, 1.165) is 22.4 Å². The van der Waals surface area contributed by atoms with Crippen molar-refractivity contribution in [2.75, 3.05) is 13.2 Å². The summed E-state index contributed by atoms with van der Waals surface area (Å²) in [5, 5.41) is 8.27. The van der Waals surface area contributed by atoms with Gasteiger partial charge in [-0.15, -0.1) is 0 Å². The highest BCUT2D eigenvalue weighted by atomic mass is 16.5. The van der Waals surface area contributed by atoms with Crippen LogP contribution in [0, 0.1) is 13.8 Å². The summed E-state index contributed by atoms with van der Waals surface area (Å²) in [6, 6.07) is 22.6. The Labute approximate surface area is 186 Å². The summed E-state index contributed by atoms with van der Waals surface area (Å²) in [5.74, 6) is 0.434. The highest BCUT2D eigenvalue weighted by molar-refractivity contribution is 6.04. The zero-order valence-electron chi connectivity index (χ0n) is 18.2. The normalized spacial score (nSPS) is 10.8. The van der Waals surface area contributed by atoms with Crippen molar-refractivity contribution >= 4 is 16.7 Å². The molecule has 4 rings (SSSR count). The van der Waals surface area contributed by atoms with Crippen molar-refractivity contribution in [3.63, 3.8) is 0 Å². The number of nitrogens with one attached hydrogen (secondary N) is 1. The van der Waals surface area contributed by atoms with Gasteiger partial charge in [-0.2, -0.15) is 5.10 Å². The third-order valence-electron chi connectivity index (χ3n) is 5.11. The topological polar surface area (TPSA) is 73.2 Å². The van der Waals surface area contributed by atoms with Crippen molar-refractivity contribution in [2.24, 2.45) is 0 Å². The molecule has 6 heteroatoms. The number of aromatic nitrogens is 2. The minimum atomic E-state index is -0.341. The summed E-state index contributed by atoms with van der Waals surface area (Å²) >= 11 is 0. The predicted octanol–water partition coefficient (Wildman–Crippen LogP) is 3.87. The fourth-order valence-electron chi connectivity index (χ4n) is 3.70. The van der Waals surface area contributed by atoms with E-state index >= 15 is 0 Å². The minimum absolute atomic E-state index is 0.223. The van der Waals surface area contributed by atoms with Gasteiger partial charge < -0.3 is 10.1 Å². The second kappa shape index (κ2) is 9.47. The van der Waals surface area contributed by atoms with Gasteiger partial charge in [0, 0.05) is 5.39 Å². The van der Waals surface area contributed by atoms with Crippen molar-refractivity contribution in [2.45, 2.75) is 20.4 Å². The van der Waals surface area contributed by atoms with Crippen LogP contribution in [0.4, 0.5) is 0 Å². The molecule has 1 N–H and O–H groups in total. The van der Waals surface area contributed by atoms with Gasteiger partial charge in [0.1, 0.15) is 12.4 Å². The molecule has 0 radical (unpaired) electrons. The van der Waals surface area contributed by atoms with E-state index in [9.17, 15) is 9.59 Å². The molecular weight excluding hydrogens is 402 g/mol. The van der Waals surface area contributed by atoms with Gasteiger partial charge in [-0.3, -0.25) is 9.59 Å². The van der Waals surface area contributed by atoms with E-state index < -0.39 is 0 Å². The maximum Gasteiger partial charge on any atom is 0.274 e. The first-order valence-electron chi connectivity index (χ1n) is 10.5. The van der Waals surface area contributed by atoms with Crippen molar-refractivity contribution < 1.29 is 9.53 Å². The third kappa shape index (κ3) is 4.86. The zero-order valence-corrected chi connectivity index (χ0v) is 18.2. The smallest absolute Gasteiger partial charge is 0.274 e. The molecule has 0 aliphatic carbocycles. The Morgan fingerprint density at radius 1 is 0.938 bits per heavy atom. The average Bonchev–Trinajstić information content (AvgIpc) is 2.78. The van der Waals surface area contributed by atoms with E-state index in [4.69, 9.17) is 4.74 Å². The molecular formula is C26H25N3O3. The first kappa shape index (κ1) is 21.3. The molecule has 3 aromatic carbocycles. The Hall–Kier alpha value is -3.93. The molecule has 0 fully saturated rings. The first-order valence-corrected chi connectivity index (χ1v) is 10.5. The number of nitrogens with zero attached hydrogens (tertiary/aromatic N) is 2. The lowest BCUT2D eigenvalue weighted by atomic mass is 10.1. The van der Waals surface area contributed by atoms with Crippen LogP contribution in [0.3, 0.4) is 0 Å². The fourth-order valence-corrected chi connectivity index (χ4v) is 3.70. The van der Waals surface area contributed by atoms with Gasteiger partial charge in [0.2, 0.25) is 0 Å². The largest absolute Gasteiger partial charge is 0.492 e. The van der Waals surface area contributed by atoms with Crippen LogP contribution in [0.1, 0.15) is 27.2 Å². The SMILES string of the molecule is Cc1cc(C)cc(OCCNC(=O)c2nn(Cc3ccccc3)c(=O)c3ccccc23)c1. The number of rotatable bonds is 7. The van der Waals surface area contributed by atoms with Crippen LogP contribution in [-0.2, 0) is 6.54 Å². The lowest BCUT2D eigenvalue weighted by Gasteiger charge is -2.12. The first-order chi connectivity index (χ1) is 15.5. The van der Waals surface area contributed by atoms with Crippen molar-refractivity contribution in [1.82, 2.24) is 15.1 Å². The van der Waals surface area contributed by atoms with E-state index in [1.54, 1.807) is 24.3 Å². The van der Waals surface area contributed by atoms with Gasteiger partial charge in [0.05, 0.1) is 18.5 Å². The van der Waals surface area contributed by atoms with E-state index in [-0.39, 0.29) is 17.2 Å². The summed E-state index contributed by atoms with van der Waals surface area (Å²) in [5.41, 5.74) is 3.19. The number of aryl methyl sites for hydroxylation is 2. The van der Waals surface area contributed by atoms with Crippen LogP contribution in [0.5, 0.6) is 5.75 Å². The lowest BCUT2D eigenvalue weighted by Crippen LogP contribution is -2.33. The number of amides is 1. The maximum absolute atomic E-state index is 12.9. The molecule has 0 saturated heterocycles. The molecule has 0 aliphatic heterocycles. The van der Waals surface area contributed by atoms with Crippen LogP contribution in [-0.4, -0.2) is 28.8 Å². The summed E-state index contributed by atoms with van der Waals surface area (Å²) < 4.78 is 7.12. The standard InChI is InChI=1S/C26H25N3O3/c1-18-14-19(2)16-21(15-18)32-13-12-27-25(30)24-22-10-6-7-11-23(22)26(31)29(28-24)17-20-8-4-3-5-9-20/h3-11,14-16H,12-13,17H2,1-2H3,(H,27,30). The van der Waals surface area contributed by atoms with Gasteiger partial charge in [-0.1, -0.05) is 54.6 Å². The number of hydrogen-bond acceptors (Lipinski definition) is 4. The summed E-state index contributed by atoms with van der Waals surface area (Å²) in [6.45, 7) is 4.97. The molecule has 6 nitrogen and oxygen atoms in total. The molecule has 0 aliphatic rings. The van der Waals surface area contributed by atoms with Crippen molar-refractivity contribution in [3.05, 3.63) is 106 Å². The van der Waals surface area contributed by atoms with Crippen LogP contribution in [0.25, 0.3) is 10.8 Å². The molecule has 0 spiro atoms. The molecule has 0 unspecified atom stereocenters. The van der Waals surface area contributed by atoms with Crippen LogP contribution >= 0.6 is 0 Å². The molecule has 1 heterocycles. The van der Waals surface area contributed by atoms with E-state index in [2.05, 4.69) is 16.5 Å². The summed E-state index contributed by atoms with van der Waals surface area (Å²) in [7, 11) is 0. The fraction of sp³-hybridized carbons (Fsp3) is 0.192. The maximum atomic E-state index is 12.9. The van der Waals surface area contributed by atoms with E-state index in [1.807, 2.05) is 56.3 Å². The van der Waals surface area contributed by atoms with E-state index in [0.29, 0.717) is 30.5 Å². The van der Waals surface area contributed by atoms with E-state index in [1.165, 1.54) is 4.68 Å². The minimum Gasteiger partial charge on any atom is -0.492 e. The third-order valence-corrected chi connectivity index (χ3v) is 5.11. The number of benzene rings is 3. The predicted molar refractivity (Wildman–Crippen MR) is 125 cm³/mol. The van der Waals surface area contributed by atoms with Crippen LogP contribution < -0.4 is 15.6 Å². The number of carbonyl (C=O) groups excluding carboxylic acids is 1. The molecule has 1 amide bonds. The molecule has 1 aromatic heterocycles. The molecule has 162 valence electrons. The quantitative estimate of drug-likeness (QED) is 0.455. The highest BCUT2D eigenvalue weighted by Crippen LogP contribution is 2.16. The van der Waals surface area contributed by atoms with Crippen molar-refractivity contribution in [3.8, 4) is 5.75 Å². The second-order valence-electron chi connectivity index (χ2n) is 7.77. The van der Waals surface area contributed by atoms with Crippen LogP contribution in [0.2, 0.25) is 0 Å². The van der Waals surface area contributed by atoms with Gasteiger partial charge in [-0.05, 0) is 48.7 Å². The van der Waals surface area contributed by atoms with Gasteiger partial charge >= 0.3 is 0 Å². The molecule has 0 bridgehead atoms. The highest BCUT2D eigenvalue weighted by Gasteiger charge is 2.16. The lowest BCUT2D eigenvalue weighted by molar-refractivity contribution is 0.0941. The number of ether oxygens (including phenoxy) is 1. The Bertz CT molecular complexity index is 1290. The summed E-state index contributed by atoms with van der Waals surface area (Å²) in [6.07, 6.45) is 0. The second-order valence-corrected chi connectivity index (χ2v) is 7.77. The number of carbonyl (C=O) groups is 1. The molecule has 0 saturated carbocycles. The monoisotopic (exact) mass is 427 g/mol. The summed E-state index contributed by atoms with van der Waals surface area (Å²) in [4.78, 5) is 25.9. The Morgan fingerprint density at radius 3 is 2.31 bits per heavy atom. The Balaban J connectivity index is 1.52. The molecule has 32 heavy (non-hydrogen) atoms. The van der Waals surface area contributed by atoms with Gasteiger partial charge in [0.15, 0.2) is 5.69 Å². The number of hydrogen-bond donors (Lipinski definition) is 1. The number of fused-ring (bicyclic) bond motifs is 1. The van der Waals surface area contributed by atoms with Gasteiger partial charge in [0.25, 0.3) is 11.5 Å². The molecule has 4 aromatic rings. The van der Waals surface area contributed by atoms with Crippen LogP contribution in [0.15, 0.2) is 77.6 Å². The Morgan fingerprint density at radius 2 is 1.59 bits per heavy atom. The Kier molecular flexibility index (Phi) is 6.31. The zero-order chi connectivity index (χ0) is 22.5. The average molecular weight is 428 g/mol. The van der Waals surface area contributed by atoms with Gasteiger partial charge in [-0.25, -0.2) is 4.68 Å². The van der Waals surface area contributed by atoms with Crippen molar-refractivity contribution in [1.29, 1.82) is 0 Å². The molecule has 0 atom stereocenters.